The molecule has 1 aromatic carbocycles. The molecule has 0 saturated carbocycles. The zero-order chi connectivity index (χ0) is 17.2. The Balaban J connectivity index is 2.07. The molecule has 0 aliphatic carbocycles. The molecular weight excluding hydrogens is 312 g/mol. The van der Waals surface area contributed by atoms with Crippen LogP contribution in [0.5, 0.6) is 0 Å². The molecule has 0 amide bonds. The zero-order valence-corrected chi connectivity index (χ0v) is 15.5. The summed E-state index contributed by atoms with van der Waals surface area (Å²) < 4.78 is 34.1. The van der Waals surface area contributed by atoms with Crippen LogP contribution in [-0.4, -0.2) is 49.4 Å². The van der Waals surface area contributed by atoms with Crippen molar-refractivity contribution in [3.05, 3.63) is 35.4 Å². The lowest BCUT2D eigenvalue weighted by Crippen LogP contribution is -2.52. The van der Waals surface area contributed by atoms with Crippen molar-refractivity contribution in [2.24, 2.45) is 0 Å². The van der Waals surface area contributed by atoms with Gasteiger partial charge in [0, 0.05) is 26.7 Å². The van der Waals surface area contributed by atoms with Crippen molar-refractivity contribution in [3.63, 3.8) is 0 Å². The molecule has 1 aliphatic heterocycles. The van der Waals surface area contributed by atoms with E-state index in [0.29, 0.717) is 25.6 Å². The maximum absolute atomic E-state index is 12.8. The number of ether oxygens (including phenoxy) is 1. The van der Waals surface area contributed by atoms with Crippen LogP contribution in [0.2, 0.25) is 0 Å². The summed E-state index contributed by atoms with van der Waals surface area (Å²) in [6.07, 6.45) is -0.153. The average Bonchev–Trinajstić information content (AvgIpc) is 2.46. The zero-order valence-electron chi connectivity index (χ0n) is 14.7. The van der Waals surface area contributed by atoms with Gasteiger partial charge in [-0.25, -0.2) is 0 Å². The number of benzene rings is 1. The van der Waals surface area contributed by atoms with Gasteiger partial charge in [0.1, 0.15) is 0 Å². The van der Waals surface area contributed by atoms with Crippen molar-refractivity contribution < 1.29 is 13.2 Å². The molecule has 2 rings (SSSR count). The molecule has 1 aromatic rings. The first-order valence-corrected chi connectivity index (χ1v) is 9.55. The SMILES string of the molecule is CC1CN(S(=O)(=O)N(C)Cc2ccc(C(C)C)cc2)CC(C)O1. The minimum Gasteiger partial charge on any atom is -0.373 e. The number of hydrogen-bond acceptors (Lipinski definition) is 3. The van der Waals surface area contributed by atoms with Gasteiger partial charge in [0.2, 0.25) is 0 Å². The number of nitrogens with zero attached hydrogens (tertiary/aromatic N) is 2. The predicted octanol–water partition coefficient (Wildman–Crippen LogP) is 2.60. The van der Waals surface area contributed by atoms with Gasteiger partial charge in [0.05, 0.1) is 12.2 Å². The van der Waals surface area contributed by atoms with E-state index in [0.717, 1.165) is 5.56 Å². The Morgan fingerprint density at radius 3 is 2.17 bits per heavy atom. The third kappa shape index (κ3) is 4.53. The van der Waals surface area contributed by atoms with Gasteiger partial charge in [-0.2, -0.15) is 17.0 Å². The van der Waals surface area contributed by atoms with Gasteiger partial charge in [-0.3, -0.25) is 0 Å². The van der Waals surface area contributed by atoms with Crippen LogP contribution in [0.25, 0.3) is 0 Å². The topological polar surface area (TPSA) is 49.9 Å². The lowest BCUT2D eigenvalue weighted by atomic mass is 10.0. The summed E-state index contributed by atoms with van der Waals surface area (Å²) in [5.74, 6) is 0.474. The summed E-state index contributed by atoms with van der Waals surface area (Å²) in [6.45, 7) is 9.29. The summed E-state index contributed by atoms with van der Waals surface area (Å²) in [5, 5.41) is 0. The highest BCUT2D eigenvalue weighted by atomic mass is 32.2. The fourth-order valence-electron chi connectivity index (χ4n) is 2.86. The molecule has 0 N–H and O–H groups in total. The molecule has 0 bridgehead atoms. The molecule has 6 heteroatoms. The maximum atomic E-state index is 12.8. The highest BCUT2D eigenvalue weighted by molar-refractivity contribution is 7.86. The molecule has 2 atom stereocenters. The van der Waals surface area contributed by atoms with Crippen LogP contribution in [-0.2, 0) is 21.5 Å². The van der Waals surface area contributed by atoms with E-state index < -0.39 is 10.2 Å². The van der Waals surface area contributed by atoms with Gasteiger partial charge in [0.15, 0.2) is 0 Å². The van der Waals surface area contributed by atoms with E-state index in [-0.39, 0.29) is 12.2 Å². The molecular formula is C17H28N2O3S. The second kappa shape index (κ2) is 7.30. The van der Waals surface area contributed by atoms with E-state index in [1.54, 1.807) is 7.05 Å². The monoisotopic (exact) mass is 340 g/mol. The Morgan fingerprint density at radius 2 is 1.70 bits per heavy atom. The lowest BCUT2D eigenvalue weighted by molar-refractivity contribution is -0.0453. The largest absolute Gasteiger partial charge is 0.373 e. The highest BCUT2D eigenvalue weighted by Crippen LogP contribution is 2.19. The third-order valence-electron chi connectivity index (χ3n) is 4.16. The standard InChI is InChI=1S/C17H28N2O3S/c1-13(2)17-8-6-16(7-9-17)12-18(5)23(20,21)19-10-14(3)22-15(4)11-19/h6-9,13-15H,10-12H2,1-5H3. The number of morpholine rings is 1. The van der Waals surface area contributed by atoms with Gasteiger partial charge >= 0.3 is 0 Å². The molecule has 0 radical (unpaired) electrons. The maximum Gasteiger partial charge on any atom is 0.282 e. The Kier molecular flexibility index (Phi) is 5.84. The summed E-state index contributed by atoms with van der Waals surface area (Å²) in [7, 11) is -1.83. The number of rotatable bonds is 5. The highest BCUT2D eigenvalue weighted by Gasteiger charge is 2.33. The molecule has 1 fully saturated rings. The first-order chi connectivity index (χ1) is 10.7. The molecule has 5 nitrogen and oxygen atoms in total. The van der Waals surface area contributed by atoms with E-state index in [2.05, 4.69) is 26.0 Å². The average molecular weight is 340 g/mol. The molecule has 1 saturated heterocycles. The van der Waals surface area contributed by atoms with Crippen molar-refractivity contribution in [1.29, 1.82) is 0 Å². The van der Waals surface area contributed by atoms with Gasteiger partial charge in [-0.15, -0.1) is 0 Å². The summed E-state index contributed by atoms with van der Waals surface area (Å²) >= 11 is 0. The molecule has 23 heavy (non-hydrogen) atoms. The van der Waals surface area contributed by atoms with Crippen molar-refractivity contribution in [1.82, 2.24) is 8.61 Å². The van der Waals surface area contributed by atoms with E-state index in [9.17, 15) is 8.42 Å². The quantitative estimate of drug-likeness (QED) is 0.828. The van der Waals surface area contributed by atoms with E-state index in [4.69, 9.17) is 4.74 Å². The first kappa shape index (κ1) is 18.4. The first-order valence-electron chi connectivity index (χ1n) is 8.16. The Hall–Kier alpha value is -0.950. The molecule has 2 unspecified atom stereocenters. The lowest BCUT2D eigenvalue weighted by Gasteiger charge is -2.36. The second-order valence-corrected chi connectivity index (χ2v) is 8.77. The van der Waals surface area contributed by atoms with Crippen LogP contribution < -0.4 is 0 Å². The van der Waals surface area contributed by atoms with Crippen LogP contribution in [0.1, 0.15) is 44.7 Å². The predicted molar refractivity (Wildman–Crippen MR) is 92.5 cm³/mol. The Bertz CT molecular complexity index is 603. The second-order valence-electron chi connectivity index (χ2n) is 6.73. The van der Waals surface area contributed by atoms with Crippen molar-refractivity contribution in [2.45, 2.75) is 52.4 Å². The van der Waals surface area contributed by atoms with Gasteiger partial charge in [-0.05, 0) is 30.9 Å². The van der Waals surface area contributed by atoms with E-state index in [1.165, 1.54) is 14.2 Å². The van der Waals surface area contributed by atoms with Crippen molar-refractivity contribution in [2.75, 3.05) is 20.1 Å². The van der Waals surface area contributed by atoms with Crippen molar-refractivity contribution in [3.8, 4) is 0 Å². The van der Waals surface area contributed by atoms with Gasteiger partial charge < -0.3 is 4.74 Å². The summed E-state index contributed by atoms with van der Waals surface area (Å²) in [4.78, 5) is 0. The minimum atomic E-state index is -3.47. The summed E-state index contributed by atoms with van der Waals surface area (Å²) in [6, 6.07) is 8.15. The van der Waals surface area contributed by atoms with Gasteiger partial charge in [0.25, 0.3) is 10.2 Å². The fraction of sp³-hybridized carbons (Fsp3) is 0.647. The molecule has 1 aliphatic rings. The molecule has 0 aromatic heterocycles. The van der Waals surface area contributed by atoms with Crippen LogP contribution in [0.3, 0.4) is 0 Å². The van der Waals surface area contributed by atoms with Crippen molar-refractivity contribution >= 4 is 10.2 Å². The fourth-order valence-corrected chi connectivity index (χ4v) is 4.37. The van der Waals surface area contributed by atoms with E-state index in [1.807, 2.05) is 26.0 Å². The minimum absolute atomic E-state index is 0.0766. The molecule has 0 spiro atoms. The smallest absolute Gasteiger partial charge is 0.282 e. The Labute approximate surface area is 140 Å². The number of hydrogen-bond donors (Lipinski definition) is 0. The molecule has 130 valence electrons. The normalized spacial score (nSPS) is 23.6. The van der Waals surface area contributed by atoms with Crippen LogP contribution in [0.15, 0.2) is 24.3 Å². The Morgan fingerprint density at radius 1 is 1.17 bits per heavy atom. The van der Waals surface area contributed by atoms with Crippen LogP contribution >= 0.6 is 0 Å². The van der Waals surface area contributed by atoms with Crippen LogP contribution in [0, 0.1) is 0 Å². The van der Waals surface area contributed by atoms with Gasteiger partial charge in [-0.1, -0.05) is 38.1 Å². The van der Waals surface area contributed by atoms with E-state index >= 15 is 0 Å². The third-order valence-corrected chi connectivity index (χ3v) is 6.03. The summed E-state index contributed by atoms with van der Waals surface area (Å²) in [5.41, 5.74) is 2.25. The van der Waals surface area contributed by atoms with Crippen LogP contribution in [0.4, 0.5) is 0 Å². The molecule has 1 heterocycles.